The summed E-state index contributed by atoms with van der Waals surface area (Å²) in [7, 11) is 0. The fourth-order valence-electron chi connectivity index (χ4n) is 1.37. The molecular weight excluding hydrogens is 238 g/mol. The van der Waals surface area contributed by atoms with Crippen molar-refractivity contribution in [2.75, 3.05) is 19.8 Å². The van der Waals surface area contributed by atoms with Gasteiger partial charge in [0.05, 0.1) is 11.0 Å². The number of nitrogens with zero attached hydrogens (tertiary/aromatic N) is 1. The van der Waals surface area contributed by atoms with Gasteiger partial charge in [-0.1, -0.05) is 6.07 Å². The SMILES string of the molecule is CCOC(COc1cccc([N+](=O)[O-])c1)OCC. The summed E-state index contributed by atoms with van der Waals surface area (Å²) in [6, 6.07) is 6.01. The molecule has 0 saturated heterocycles. The van der Waals surface area contributed by atoms with Crippen LogP contribution in [-0.4, -0.2) is 31.0 Å². The van der Waals surface area contributed by atoms with E-state index in [-0.39, 0.29) is 12.3 Å². The van der Waals surface area contributed by atoms with Gasteiger partial charge in [0.2, 0.25) is 0 Å². The second-order valence-electron chi connectivity index (χ2n) is 3.41. The molecule has 0 fully saturated rings. The number of ether oxygens (including phenoxy) is 3. The molecule has 100 valence electrons. The Morgan fingerprint density at radius 3 is 2.50 bits per heavy atom. The van der Waals surface area contributed by atoms with Crippen LogP contribution in [0.15, 0.2) is 24.3 Å². The maximum absolute atomic E-state index is 10.6. The van der Waals surface area contributed by atoms with Crippen LogP contribution in [0.2, 0.25) is 0 Å². The average Bonchev–Trinajstić information content (AvgIpc) is 2.37. The molecule has 1 rings (SSSR count). The molecule has 0 spiro atoms. The molecule has 0 saturated carbocycles. The van der Waals surface area contributed by atoms with Crippen molar-refractivity contribution in [1.82, 2.24) is 0 Å². The molecule has 0 aliphatic carbocycles. The smallest absolute Gasteiger partial charge is 0.273 e. The van der Waals surface area contributed by atoms with Crippen molar-refractivity contribution in [2.24, 2.45) is 0 Å². The lowest BCUT2D eigenvalue weighted by molar-refractivity contribution is -0.385. The summed E-state index contributed by atoms with van der Waals surface area (Å²) < 4.78 is 16.0. The number of rotatable bonds is 8. The highest BCUT2D eigenvalue weighted by atomic mass is 16.7. The molecule has 0 N–H and O–H groups in total. The van der Waals surface area contributed by atoms with Crippen molar-refractivity contribution in [3.05, 3.63) is 34.4 Å². The van der Waals surface area contributed by atoms with Crippen molar-refractivity contribution >= 4 is 5.69 Å². The second kappa shape index (κ2) is 7.62. The molecule has 0 amide bonds. The zero-order valence-corrected chi connectivity index (χ0v) is 10.5. The van der Waals surface area contributed by atoms with Crippen LogP contribution < -0.4 is 4.74 Å². The fourth-order valence-corrected chi connectivity index (χ4v) is 1.37. The van der Waals surface area contributed by atoms with E-state index in [9.17, 15) is 10.1 Å². The van der Waals surface area contributed by atoms with E-state index in [2.05, 4.69) is 0 Å². The average molecular weight is 255 g/mol. The number of nitro groups is 1. The summed E-state index contributed by atoms with van der Waals surface area (Å²) in [5, 5.41) is 10.6. The van der Waals surface area contributed by atoms with Gasteiger partial charge in [-0.2, -0.15) is 0 Å². The van der Waals surface area contributed by atoms with Crippen molar-refractivity contribution in [1.29, 1.82) is 0 Å². The summed E-state index contributed by atoms with van der Waals surface area (Å²) in [6.07, 6.45) is -0.459. The third kappa shape index (κ3) is 4.68. The molecule has 0 aromatic heterocycles. The van der Waals surface area contributed by atoms with E-state index >= 15 is 0 Å². The highest BCUT2D eigenvalue weighted by Gasteiger charge is 2.11. The van der Waals surface area contributed by atoms with Gasteiger partial charge in [0.25, 0.3) is 5.69 Å². The maximum atomic E-state index is 10.6. The van der Waals surface area contributed by atoms with Crippen LogP contribution in [0, 0.1) is 10.1 Å². The number of hydrogen-bond acceptors (Lipinski definition) is 5. The van der Waals surface area contributed by atoms with E-state index in [0.717, 1.165) is 0 Å². The Hall–Kier alpha value is -1.66. The summed E-state index contributed by atoms with van der Waals surface area (Å²) in [6.45, 7) is 4.95. The highest BCUT2D eigenvalue weighted by molar-refractivity contribution is 5.37. The molecule has 0 bridgehead atoms. The second-order valence-corrected chi connectivity index (χ2v) is 3.41. The van der Waals surface area contributed by atoms with E-state index in [4.69, 9.17) is 14.2 Å². The van der Waals surface area contributed by atoms with Crippen LogP contribution in [0.25, 0.3) is 0 Å². The van der Waals surface area contributed by atoms with Crippen molar-refractivity contribution in [2.45, 2.75) is 20.1 Å². The lowest BCUT2D eigenvalue weighted by Gasteiger charge is -2.17. The first-order valence-corrected chi connectivity index (χ1v) is 5.77. The fraction of sp³-hybridized carbons (Fsp3) is 0.500. The van der Waals surface area contributed by atoms with Gasteiger partial charge in [0.15, 0.2) is 6.29 Å². The van der Waals surface area contributed by atoms with Crippen molar-refractivity contribution in [3.8, 4) is 5.75 Å². The summed E-state index contributed by atoms with van der Waals surface area (Å²) in [5.41, 5.74) is -0.00290. The van der Waals surface area contributed by atoms with Gasteiger partial charge < -0.3 is 14.2 Å². The molecule has 0 heterocycles. The minimum absolute atomic E-state index is 0.00290. The first-order valence-electron chi connectivity index (χ1n) is 5.77. The summed E-state index contributed by atoms with van der Waals surface area (Å²) in [4.78, 5) is 10.1. The first-order chi connectivity index (χ1) is 8.67. The molecule has 0 aliphatic heterocycles. The molecule has 0 radical (unpaired) electrons. The topological polar surface area (TPSA) is 70.8 Å². The van der Waals surface area contributed by atoms with Crippen LogP contribution in [-0.2, 0) is 9.47 Å². The van der Waals surface area contributed by atoms with Gasteiger partial charge in [0, 0.05) is 19.3 Å². The number of nitro benzene ring substituents is 1. The van der Waals surface area contributed by atoms with Gasteiger partial charge in [-0.25, -0.2) is 0 Å². The van der Waals surface area contributed by atoms with Crippen molar-refractivity contribution < 1.29 is 19.1 Å². The van der Waals surface area contributed by atoms with Gasteiger partial charge in [-0.15, -0.1) is 0 Å². The molecule has 1 aromatic carbocycles. The standard InChI is InChI=1S/C12H17NO5/c1-3-16-12(17-4-2)9-18-11-7-5-6-10(8-11)13(14)15/h5-8,12H,3-4,9H2,1-2H3. The molecule has 0 aliphatic rings. The van der Waals surface area contributed by atoms with Crippen LogP contribution in [0.5, 0.6) is 5.75 Å². The minimum Gasteiger partial charge on any atom is -0.488 e. The van der Waals surface area contributed by atoms with Crippen LogP contribution >= 0.6 is 0 Å². The summed E-state index contributed by atoms with van der Waals surface area (Å²) in [5.74, 6) is 0.425. The Labute approximate surface area is 106 Å². The predicted octanol–water partition coefficient (Wildman–Crippen LogP) is 2.37. The third-order valence-corrected chi connectivity index (χ3v) is 2.12. The Morgan fingerprint density at radius 1 is 1.28 bits per heavy atom. The van der Waals surface area contributed by atoms with Crippen LogP contribution in [0.3, 0.4) is 0 Å². The normalized spacial score (nSPS) is 10.6. The van der Waals surface area contributed by atoms with Gasteiger partial charge in [0.1, 0.15) is 12.4 Å². The highest BCUT2D eigenvalue weighted by Crippen LogP contribution is 2.19. The maximum Gasteiger partial charge on any atom is 0.273 e. The molecular formula is C12H17NO5. The summed E-state index contributed by atoms with van der Waals surface area (Å²) >= 11 is 0. The molecule has 0 unspecified atom stereocenters. The quantitative estimate of drug-likeness (QED) is 0.405. The van der Waals surface area contributed by atoms with E-state index in [1.807, 2.05) is 13.8 Å². The first kappa shape index (κ1) is 14.4. The lowest BCUT2D eigenvalue weighted by Crippen LogP contribution is -2.25. The number of benzene rings is 1. The monoisotopic (exact) mass is 255 g/mol. The van der Waals surface area contributed by atoms with Crippen LogP contribution in [0.4, 0.5) is 5.69 Å². The molecule has 1 aromatic rings. The third-order valence-electron chi connectivity index (χ3n) is 2.12. The van der Waals surface area contributed by atoms with Crippen molar-refractivity contribution in [3.63, 3.8) is 0 Å². The molecule has 6 nitrogen and oxygen atoms in total. The van der Waals surface area contributed by atoms with E-state index in [0.29, 0.717) is 19.0 Å². The molecule has 18 heavy (non-hydrogen) atoms. The largest absolute Gasteiger partial charge is 0.488 e. The zero-order valence-electron chi connectivity index (χ0n) is 10.5. The zero-order chi connectivity index (χ0) is 13.4. The minimum atomic E-state index is -0.463. The Kier molecular flexibility index (Phi) is 6.10. The van der Waals surface area contributed by atoms with Gasteiger partial charge in [-0.05, 0) is 19.9 Å². The van der Waals surface area contributed by atoms with Gasteiger partial charge >= 0.3 is 0 Å². The Bertz CT molecular complexity index is 376. The number of non-ortho nitro benzene ring substituents is 1. The predicted molar refractivity (Wildman–Crippen MR) is 65.6 cm³/mol. The van der Waals surface area contributed by atoms with E-state index in [1.165, 1.54) is 12.1 Å². The molecule has 0 atom stereocenters. The number of hydrogen-bond donors (Lipinski definition) is 0. The Morgan fingerprint density at radius 2 is 1.94 bits per heavy atom. The molecule has 6 heteroatoms. The van der Waals surface area contributed by atoms with Crippen LogP contribution in [0.1, 0.15) is 13.8 Å². The van der Waals surface area contributed by atoms with E-state index in [1.54, 1.807) is 12.1 Å². The Balaban J connectivity index is 2.55. The van der Waals surface area contributed by atoms with E-state index < -0.39 is 11.2 Å². The lowest BCUT2D eigenvalue weighted by atomic mass is 10.3. The van der Waals surface area contributed by atoms with Gasteiger partial charge in [-0.3, -0.25) is 10.1 Å².